The molecule has 2 nitrogen and oxygen atoms in total. The lowest BCUT2D eigenvalue weighted by Gasteiger charge is -2.25. The third kappa shape index (κ3) is 4.86. The van der Waals surface area contributed by atoms with Crippen LogP contribution in [0.5, 0.6) is 0 Å². The second kappa shape index (κ2) is 7.53. The number of hydrogen-bond donors (Lipinski definition) is 1. The number of hydrogen-bond acceptors (Lipinski definition) is 2. The Labute approximate surface area is 121 Å². The van der Waals surface area contributed by atoms with Crippen molar-refractivity contribution >= 4 is 11.6 Å². The van der Waals surface area contributed by atoms with Gasteiger partial charge in [0.05, 0.1) is 11.6 Å². The minimum absolute atomic E-state index is 0.607. The molecule has 104 valence electrons. The van der Waals surface area contributed by atoms with E-state index in [1.54, 1.807) is 6.07 Å². The van der Waals surface area contributed by atoms with E-state index < -0.39 is 0 Å². The van der Waals surface area contributed by atoms with E-state index in [1.165, 1.54) is 0 Å². The van der Waals surface area contributed by atoms with Crippen LogP contribution in [-0.4, -0.2) is 6.54 Å². The molecule has 0 saturated carbocycles. The molecule has 0 aliphatic rings. The fourth-order valence-corrected chi connectivity index (χ4v) is 2.62. The smallest absolute Gasteiger partial charge is 0.0992 e. The predicted molar refractivity (Wildman–Crippen MR) is 81.0 cm³/mol. The van der Waals surface area contributed by atoms with Gasteiger partial charge in [-0.05, 0) is 42.0 Å². The highest BCUT2D eigenvalue weighted by atomic mass is 35.5. The first-order chi connectivity index (χ1) is 8.95. The zero-order chi connectivity index (χ0) is 14.4. The van der Waals surface area contributed by atoms with Crippen molar-refractivity contribution in [1.82, 2.24) is 5.32 Å². The summed E-state index contributed by atoms with van der Waals surface area (Å²) in [6, 6.07) is 7.55. The average Bonchev–Trinajstić information content (AvgIpc) is 2.35. The molecule has 0 spiro atoms. The zero-order valence-electron chi connectivity index (χ0n) is 12.2. The van der Waals surface area contributed by atoms with Crippen molar-refractivity contribution in [3.63, 3.8) is 0 Å². The Bertz CT molecular complexity index is 439. The molecule has 3 heteroatoms. The monoisotopic (exact) mass is 278 g/mol. The Morgan fingerprint density at radius 3 is 2.32 bits per heavy atom. The number of nitrogens with one attached hydrogen (secondary N) is 1. The molecule has 1 rings (SSSR count). The Kier molecular flexibility index (Phi) is 6.34. The normalized spacial score (nSPS) is 11.3. The largest absolute Gasteiger partial charge is 0.312 e. The van der Waals surface area contributed by atoms with Gasteiger partial charge in [-0.2, -0.15) is 5.26 Å². The summed E-state index contributed by atoms with van der Waals surface area (Å²) in [5.41, 5.74) is 1.66. The highest BCUT2D eigenvalue weighted by Gasteiger charge is 2.16. The van der Waals surface area contributed by atoms with Gasteiger partial charge in [0.25, 0.3) is 0 Å². The van der Waals surface area contributed by atoms with Crippen LogP contribution in [0.4, 0.5) is 0 Å². The van der Waals surface area contributed by atoms with Gasteiger partial charge >= 0.3 is 0 Å². The first kappa shape index (κ1) is 16.0. The van der Waals surface area contributed by atoms with E-state index in [0.29, 0.717) is 28.3 Å². The Balaban J connectivity index is 2.56. The summed E-state index contributed by atoms with van der Waals surface area (Å²) < 4.78 is 0. The third-order valence-electron chi connectivity index (χ3n) is 3.59. The number of halogens is 1. The van der Waals surface area contributed by atoms with Gasteiger partial charge in [-0.3, -0.25) is 0 Å². The zero-order valence-corrected chi connectivity index (χ0v) is 13.0. The molecule has 19 heavy (non-hydrogen) atoms. The lowest BCUT2D eigenvalue weighted by Crippen LogP contribution is -2.29. The summed E-state index contributed by atoms with van der Waals surface area (Å²) in [6.45, 7) is 10.8. The summed E-state index contributed by atoms with van der Waals surface area (Å²) in [6.07, 6.45) is 0. The molecule has 0 amide bonds. The van der Waals surface area contributed by atoms with Gasteiger partial charge in [-0.1, -0.05) is 45.4 Å². The van der Waals surface area contributed by atoms with Crippen LogP contribution in [0.2, 0.25) is 5.02 Å². The summed E-state index contributed by atoms with van der Waals surface area (Å²) in [7, 11) is 0. The lowest BCUT2D eigenvalue weighted by molar-refractivity contribution is 0.275. The fraction of sp³-hybridized carbons (Fsp3) is 0.562. The van der Waals surface area contributed by atoms with Crippen molar-refractivity contribution in [2.45, 2.75) is 34.2 Å². The molecule has 0 aromatic heterocycles. The molecular weight excluding hydrogens is 256 g/mol. The molecule has 0 fully saturated rings. The number of benzene rings is 1. The van der Waals surface area contributed by atoms with Crippen molar-refractivity contribution in [1.29, 1.82) is 5.26 Å². The molecule has 0 radical (unpaired) electrons. The molecule has 1 aromatic carbocycles. The predicted octanol–water partition coefficient (Wildman–Crippen LogP) is 4.23. The van der Waals surface area contributed by atoms with Crippen LogP contribution in [-0.2, 0) is 6.54 Å². The minimum Gasteiger partial charge on any atom is -0.312 e. The van der Waals surface area contributed by atoms with Crippen LogP contribution in [0.25, 0.3) is 0 Å². The lowest BCUT2D eigenvalue weighted by atomic mass is 9.85. The van der Waals surface area contributed by atoms with E-state index >= 15 is 0 Å². The molecule has 0 heterocycles. The maximum absolute atomic E-state index is 8.80. The van der Waals surface area contributed by atoms with Gasteiger partial charge in [0.1, 0.15) is 0 Å². The number of nitriles is 1. The van der Waals surface area contributed by atoms with Crippen molar-refractivity contribution in [2.75, 3.05) is 6.54 Å². The van der Waals surface area contributed by atoms with E-state index in [-0.39, 0.29) is 0 Å². The van der Waals surface area contributed by atoms with Crippen LogP contribution in [0.1, 0.15) is 38.8 Å². The average molecular weight is 279 g/mol. The quantitative estimate of drug-likeness (QED) is 0.845. The minimum atomic E-state index is 0.607. The third-order valence-corrected chi connectivity index (χ3v) is 3.94. The molecule has 0 saturated heterocycles. The van der Waals surface area contributed by atoms with E-state index in [0.717, 1.165) is 18.7 Å². The van der Waals surface area contributed by atoms with Gasteiger partial charge < -0.3 is 5.32 Å². The van der Waals surface area contributed by atoms with Crippen LogP contribution in [0.3, 0.4) is 0 Å². The Morgan fingerprint density at radius 1 is 1.21 bits per heavy atom. The Hall–Kier alpha value is -1.04. The van der Waals surface area contributed by atoms with Crippen LogP contribution >= 0.6 is 11.6 Å². The molecule has 0 unspecified atom stereocenters. The highest BCUT2D eigenvalue weighted by molar-refractivity contribution is 6.31. The van der Waals surface area contributed by atoms with Crippen LogP contribution < -0.4 is 5.32 Å². The first-order valence-corrected chi connectivity index (χ1v) is 7.22. The maximum atomic E-state index is 8.80. The number of nitrogens with zero attached hydrogens (tertiary/aromatic N) is 1. The standard InChI is InChI=1S/C16H23ClN2/c1-11(2)15(12(3)4)10-19-9-14-6-5-13(8-18)7-16(14)17/h5-7,11-12,15,19H,9-10H2,1-4H3. The van der Waals surface area contributed by atoms with Crippen LogP contribution in [0.15, 0.2) is 18.2 Å². The van der Waals surface area contributed by atoms with Crippen molar-refractivity contribution in [3.05, 3.63) is 34.3 Å². The topological polar surface area (TPSA) is 35.8 Å². The second-order valence-corrected chi connectivity index (χ2v) is 6.11. The second-order valence-electron chi connectivity index (χ2n) is 5.70. The SMILES string of the molecule is CC(C)C(CNCc1ccc(C#N)cc1Cl)C(C)C. The molecule has 1 aromatic rings. The molecule has 0 aliphatic carbocycles. The first-order valence-electron chi connectivity index (χ1n) is 6.85. The Morgan fingerprint density at radius 2 is 1.84 bits per heavy atom. The molecule has 0 bridgehead atoms. The summed E-state index contributed by atoms with van der Waals surface area (Å²) >= 11 is 6.16. The van der Waals surface area contributed by atoms with Crippen molar-refractivity contribution in [3.8, 4) is 6.07 Å². The highest BCUT2D eigenvalue weighted by Crippen LogP contribution is 2.21. The van der Waals surface area contributed by atoms with Gasteiger partial charge in [0, 0.05) is 11.6 Å². The summed E-state index contributed by atoms with van der Waals surface area (Å²) in [5.74, 6) is 2.00. The fourth-order valence-electron chi connectivity index (χ4n) is 2.37. The van der Waals surface area contributed by atoms with Gasteiger partial charge in [0.2, 0.25) is 0 Å². The van der Waals surface area contributed by atoms with Gasteiger partial charge in [-0.25, -0.2) is 0 Å². The summed E-state index contributed by atoms with van der Waals surface area (Å²) in [5, 5.41) is 12.9. The number of rotatable bonds is 6. The van der Waals surface area contributed by atoms with Crippen LogP contribution in [0, 0.1) is 29.1 Å². The van der Waals surface area contributed by atoms with Gasteiger partial charge in [-0.15, -0.1) is 0 Å². The van der Waals surface area contributed by atoms with E-state index in [1.807, 2.05) is 12.1 Å². The van der Waals surface area contributed by atoms with E-state index in [9.17, 15) is 0 Å². The van der Waals surface area contributed by atoms with Crippen molar-refractivity contribution in [2.24, 2.45) is 17.8 Å². The summed E-state index contributed by atoms with van der Waals surface area (Å²) in [4.78, 5) is 0. The van der Waals surface area contributed by atoms with E-state index in [4.69, 9.17) is 16.9 Å². The van der Waals surface area contributed by atoms with Gasteiger partial charge in [0.15, 0.2) is 0 Å². The molecular formula is C16H23ClN2. The molecule has 0 atom stereocenters. The van der Waals surface area contributed by atoms with E-state index in [2.05, 4.69) is 39.1 Å². The van der Waals surface area contributed by atoms with Crippen molar-refractivity contribution < 1.29 is 0 Å². The maximum Gasteiger partial charge on any atom is 0.0992 e. The molecule has 0 aliphatic heterocycles. The molecule has 1 N–H and O–H groups in total.